The van der Waals surface area contributed by atoms with Gasteiger partial charge in [0, 0.05) is 25.7 Å². The molecule has 0 spiro atoms. The Bertz CT molecular complexity index is 547. The Morgan fingerprint density at radius 1 is 1.25 bits per heavy atom. The maximum Gasteiger partial charge on any atom is 0.0967 e. The molecule has 1 saturated heterocycles. The van der Waals surface area contributed by atoms with Crippen LogP contribution in [0, 0.1) is 0 Å². The van der Waals surface area contributed by atoms with E-state index in [9.17, 15) is 0 Å². The molecule has 4 heteroatoms. The Hall–Kier alpha value is -1.23. The van der Waals surface area contributed by atoms with E-state index in [1.54, 1.807) is 0 Å². The lowest BCUT2D eigenvalue weighted by Crippen LogP contribution is -2.14. The third-order valence-electron chi connectivity index (χ3n) is 3.66. The molecule has 0 aliphatic carbocycles. The molecule has 20 heavy (non-hydrogen) atoms. The van der Waals surface area contributed by atoms with Crippen LogP contribution < -0.4 is 5.32 Å². The lowest BCUT2D eigenvalue weighted by atomic mass is 10.0. The molecule has 1 N–H and O–H groups in total. The average molecular weight is 288 g/mol. The predicted octanol–water partition coefficient (Wildman–Crippen LogP) is 3.42. The Labute approximate surface area is 124 Å². The zero-order valence-electron chi connectivity index (χ0n) is 11.8. The van der Waals surface area contributed by atoms with Crippen LogP contribution in [0.1, 0.15) is 29.5 Å². The summed E-state index contributed by atoms with van der Waals surface area (Å²) in [5.74, 6) is 0.571. The number of hydrogen-bond acceptors (Lipinski definition) is 4. The Morgan fingerprint density at radius 2 is 2.00 bits per heavy atom. The summed E-state index contributed by atoms with van der Waals surface area (Å²) in [6, 6.07) is 10.6. The fourth-order valence-corrected chi connectivity index (χ4v) is 3.85. The molecule has 1 fully saturated rings. The van der Waals surface area contributed by atoms with Gasteiger partial charge in [-0.1, -0.05) is 30.3 Å². The normalized spacial score (nSPS) is 16.4. The molecule has 2 aromatic rings. The zero-order valence-corrected chi connectivity index (χ0v) is 12.6. The molecule has 1 aliphatic heterocycles. The zero-order chi connectivity index (χ0) is 13.8. The van der Waals surface area contributed by atoms with Crippen LogP contribution in [-0.2, 0) is 11.3 Å². The number of thiazole rings is 1. The minimum Gasteiger partial charge on any atom is -0.381 e. The Balaban J connectivity index is 1.93. The lowest BCUT2D eigenvalue weighted by Gasteiger charge is -2.19. The molecule has 1 aromatic carbocycles. The van der Waals surface area contributed by atoms with Gasteiger partial charge < -0.3 is 10.1 Å². The highest BCUT2D eigenvalue weighted by Crippen LogP contribution is 2.37. The van der Waals surface area contributed by atoms with Crippen molar-refractivity contribution in [3.63, 3.8) is 0 Å². The van der Waals surface area contributed by atoms with Gasteiger partial charge in [0.25, 0.3) is 0 Å². The van der Waals surface area contributed by atoms with E-state index in [2.05, 4.69) is 35.6 Å². The van der Waals surface area contributed by atoms with Gasteiger partial charge >= 0.3 is 0 Å². The summed E-state index contributed by atoms with van der Waals surface area (Å²) in [6.07, 6.45) is 2.20. The summed E-state index contributed by atoms with van der Waals surface area (Å²) in [4.78, 5) is 6.21. The van der Waals surface area contributed by atoms with Crippen molar-refractivity contribution in [2.24, 2.45) is 0 Å². The molecule has 2 heterocycles. The van der Waals surface area contributed by atoms with Crippen molar-refractivity contribution in [1.82, 2.24) is 10.3 Å². The smallest absolute Gasteiger partial charge is 0.0967 e. The van der Waals surface area contributed by atoms with Crippen molar-refractivity contribution in [1.29, 1.82) is 0 Å². The number of aromatic nitrogens is 1. The minimum atomic E-state index is 0.571. The largest absolute Gasteiger partial charge is 0.381 e. The van der Waals surface area contributed by atoms with Crippen LogP contribution in [0.3, 0.4) is 0 Å². The molecule has 0 radical (unpaired) electrons. The molecule has 106 valence electrons. The summed E-state index contributed by atoms with van der Waals surface area (Å²) in [5, 5.41) is 4.51. The van der Waals surface area contributed by atoms with Crippen LogP contribution in [0.2, 0.25) is 0 Å². The lowest BCUT2D eigenvalue weighted by molar-refractivity contribution is 0.0852. The van der Waals surface area contributed by atoms with Crippen LogP contribution in [0.5, 0.6) is 0 Å². The molecule has 1 aromatic heterocycles. The highest BCUT2D eigenvalue weighted by Gasteiger charge is 2.22. The van der Waals surface area contributed by atoms with Gasteiger partial charge in [-0.2, -0.15) is 0 Å². The molecule has 1 aliphatic rings. The van der Waals surface area contributed by atoms with Gasteiger partial charge in [-0.15, -0.1) is 11.3 Å². The van der Waals surface area contributed by atoms with Crippen molar-refractivity contribution in [3.8, 4) is 10.4 Å². The van der Waals surface area contributed by atoms with Crippen LogP contribution in [0.15, 0.2) is 30.3 Å². The monoisotopic (exact) mass is 288 g/mol. The average Bonchev–Trinajstić information content (AvgIpc) is 2.94. The van der Waals surface area contributed by atoms with Gasteiger partial charge in [-0.05, 0) is 25.5 Å². The minimum absolute atomic E-state index is 0.571. The van der Waals surface area contributed by atoms with E-state index in [1.807, 2.05) is 18.4 Å². The molecule has 0 bridgehead atoms. The van der Waals surface area contributed by atoms with Gasteiger partial charge in [-0.3, -0.25) is 0 Å². The molecule has 0 amide bonds. The predicted molar refractivity (Wildman–Crippen MR) is 83.1 cm³/mol. The maximum atomic E-state index is 5.45. The molecular weight excluding hydrogens is 268 g/mol. The molecule has 3 nitrogen and oxygen atoms in total. The second kappa shape index (κ2) is 6.48. The van der Waals surface area contributed by atoms with Gasteiger partial charge in [0.15, 0.2) is 0 Å². The van der Waals surface area contributed by atoms with Crippen molar-refractivity contribution in [3.05, 3.63) is 41.0 Å². The van der Waals surface area contributed by atoms with Crippen LogP contribution in [-0.4, -0.2) is 25.2 Å². The van der Waals surface area contributed by atoms with Crippen molar-refractivity contribution in [2.45, 2.75) is 25.3 Å². The van der Waals surface area contributed by atoms with E-state index in [1.165, 1.54) is 21.1 Å². The topological polar surface area (TPSA) is 34.2 Å². The first-order valence-electron chi connectivity index (χ1n) is 7.16. The quantitative estimate of drug-likeness (QED) is 0.936. The first-order valence-corrected chi connectivity index (χ1v) is 7.97. The Morgan fingerprint density at radius 3 is 2.70 bits per heavy atom. The van der Waals surface area contributed by atoms with Gasteiger partial charge in [0.05, 0.1) is 15.6 Å². The summed E-state index contributed by atoms with van der Waals surface area (Å²) in [7, 11) is 1.97. The van der Waals surface area contributed by atoms with Gasteiger partial charge in [-0.25, -0.2) is 4.98 Å². The molecule has 0 unspecified atom stereocenters. The van der Waals surface area contributed by atoms with Crippen molar-refractivity contribution >= 4 is 11.3 Å². The standard InChI is InChI=1S/C16H20N2OS/c1-17-11-14-15(12-5-3-2-4-6-12)20-16(18-14)13-7-9-19-10-8-13/h2-6,13,17H,7-11H2,1H3. The maximum absolute atomic E-state index is 5.45. The second-order valence-electron chi connectivity index (χ2n) is 5.11. The number of hydrogen-bond donors (Lipinski definition) is 1. The summed E-state index contributed by atoms with van der Waals surface area (Å²) >= 11 is 1.85. The van der Waals surface area contributed by atoms with E-state index in [0.717, 1.165) is 32.6 Å². The summed E-state index contributed by atoms with van der Waals surface area (Å²) < 4.78 is 5.45. The third kappa shape index (κ3) is 2.92. The van der Waals surface area contributed by atoms with Crippen LogP contribution >= 0.6 is 11.3 Å². The number of rotatable bonds is 4. The van der Waals surface area contributed by atoms with E-state index in [4.69, 9.17) is 9.72 Å². The summed E-state index contributed by atoms with van der Waals surface area (Å²) in [6.45, 7) is 2.56. The highest BCUT2D eigenvalue weighted by molar-refractivity contribution is 7.15. The Kier molecular flexibility index (Phi) is 4.45. The first kappa shape index (κ1) is 13.7. The number of benzene rings is 1. The van der Waals surface area contributed by atoms with Gasteiger partial charge in [0.2, 0.25) is 0 Å². The van der Waals surface area contributed by atoms with E-state index in [-0.39, 0.29) is 0 Å². The number of ether oxygens (including phenoxy) is 1. The fraction of sp³-hybridized carbons (Fsp3) is 0.438. The second-order valence-corrected chi connectivity index (χ2v) is 6.14. The van der Waals surface area contributed by atoms with Crippen LogP contribution in [0.4, 0.5) is 0 Å². The molecule has 0 saturated carbocycles. The number of nitrogens with zero attached hydrogens (tertiary/aromatic N) is 1. The fourth-order valence-electron chi connectivity index (χ4n) is 2.59. The van der Waals surface area contributed by atoms with Gasteiger partial charge in [0.1, 0.15) is 0 Å². The number of nitrogens with one attached hydrogen (secondary N) is 1. The van der Waals surface area contributed by atoms with Crippen LogP contribution in [0.25, 0.3) is 10.4 Å². The van der Waals surface area contributed by atoms with Crippen molar-refractivity contribution < 1.29 is 4.74 Å². The highest BCUT2D eigenvalue weighted by atomic mass is 32.1. The summed E-state index contributed by atoms with van der Waals surface area (Å²) in [5.41, 5.74) is 2.44. The van der Waals surface area contributed by atoms with Crippen molar-refractivity contribution in [2.75, 3.05) is 20.3 Å². The molecule has 0 atom stereocenters. The molecule has 3 rings (SSSR count). The third-order valence-corrected chi connectivity index (χ3v) is 4.97. The first-order chi connectivity index (χ1) is 9.88. The van der Waals surface area contributed by atoms with E-state index >= 15 is 0 Å². The van der Waals surface area contributed by atoms with E-state index < -0.39 is 0 Å². The van der Waals surface area contributed by atoms with E-state index in [0.29, 0.717) is 5.92 Å². The molecular formula is C16H20N2OS. The SMILES string of the molecule is CNCc1nc(C2CCOCC2)sc1-c1ccccc1.